The van der Waals surface area contributed by atoms with E-state index in [1.165, 1.54) is 10.7 Å². The molecule has 7 heteroatoms. The highest BCUT2D eigenvalue weighted by atomic mass is 35.5. The first-order valence-corrected chi connectivity index (χ1v) is 9.24. The first-order chi connectivity index (χ1) is 10.3. The van der Waals surface area contributed by atoms with Crippen LogP contribution in [0.1, 0.15) is 25.3 Å². The van der Waals surface area contributed by atoms with Crippen molar-refractivity contribution in [3.05, 3.63) is 29.8 Å². The second kappa shape index (κ2) is 8.44. The molecule has 1 saturated heterocycles. The molecule has 2 unspecified atom stereocenters. The number of rotatable bonds is 5. The zero-order chi connectivity index (χ0) is 16.3. The quantitative estimate of drug-likeness (QED) is 0.870. The van der Waals surface area contributed by atoms with Gasteiger partial charge in [-0.3, -0.25) is 4.90 Å². The fourth-order valence-corrected chi connectivity index (χ4v) is 3.87. The minimum absolute atomic E-state index is 0. The van der Waals surface area contributed by atoms with Gasteiger partial charge in [-0.25, -0.2) is 12.7 Å². The van der Waals surface area contributed by atoms with Crippen LogP contribution in [0.5, 0.6) is 0 Å². The third-order valence-electron chi connectivity index (χ3n) is 4.46. The van der Waals surface area contributed by atoms with Gasteiger partial charge in [-0.15, -0.1) is 12.4 Å². The summed E-state index contributed by atoms with van der Waals surface area (Å²) in [5.41, 5.74) is 7.03. The lowest BCUT2D eigenvalue weighted by atomic mass is 9.92. The zero-order valence-corrected chi connectivity index (χ0v) is 15.7. The SMILES string of the molecule is CC1CCN(Cc2ccc(S(=O)(=O)N(C)C)cc2)C(CN)C1.Cl. The molecule has 1 aromatic rings. The largest absolute Gasteiger partial charge is 0.329 e. The van der Waals surface area contributed by atoms with E-state index < -0.39 is 10.0 Å². The summed E-state index contributed by atoms with van der Waals surface area (Å²) in [6.07, 6.45) is 2.34. The molecule has 0 aromatic heterocycles. The summed E-state index contributed by atoms with van der Waals surface area (Å²) in [6.45, 7) is 4.84. The molecule has 132 valence electrons. The van der Waals surface area contributed by atoms with E-state index >= 15 is 0 Å². The van der Waals surface area contributed by atoms with E-state index in [2.05, 4.69) is 11.8 Å². The Labute approximate surface area is 146 Å². The van der Waals surface area contributed by atoms with Crippen LogP contribution >= 0.6 is 12.4 Å². The molecular formula is C16H28ClN3O2S. The van der Waals surface area contributed by atoms with E-state index in [1.54, 1.807) is 26.2 Å². The number of likely N-dealkylation sites (tertiary alicyclic amines) is 1. The number of sulfonamides is 1. The molecule has 1 aliphatic heterocycles. The Balaban J connectivity index is 0.00000264. The number of hydrogen-bond acceptors (Lipinski definition) is 4. The molecule has 0 amide bonds. The van der Waals surface area contributed by atoms with Crippen molar-refractivity contribution in [3.8, 4) is 0 Å². The maximum Gasteiger partial charge on any atom is 0.242 e. The predicted octanol–water partition coefficient (Wildman–Crippen LogP) is 1.92. The first kappa shape index (κ1) is 20.4. The van der Waals surface area contributed by atoms with E-state index in [0.717, 1.165) is 31.0 Å². The molecule has 0 saturated carbocycles. The van der Waals surface area contributed by atoms with E-state index in [0.29, 0.717) is 17.5 Å². The Bertz CT molecular complexity index is 590. The van der Waals surface area contributed by atoms with Crippen molar-refractivity contribution in [3.63, 3.8) is 0 Å². The Morgan fingerprint density at radius 2 is 1.87 bits per heavy atom. The van der Waals surface area contributed by atoms with E-state index in [1.807, 2.05) is 12.1 Å². The molecule has 0 aliphatic carbocycles. The topological polar surface area (TPSA) is 66.6 Å². The number of hydrogen-bond donors (Lipinski definition) is 1. The monoisotopic (exact) mass is 361 g/mol. The van der Waals surface area contributed by atoms with Crippen LogP contribution in [0.2, 0.25) is 0 Å². The summed E-state index contributed by atoms with van der Waals surface area (Å²) in [5.74, 6) is 0.734. The zero-order valence-electron chi connectivity index (χ0n) is 14.1. The molecule has 1 fully saturated rings. The fraction of sp³-hybridized carbons (Fsp3) is 0.625. The van der Waals surface area contributed by atoms with Gasteiger partial charge in [0.15, 0.2) is 0 Å². The van der Waals surface area contributed by atoms with Gasteiger partial charge in [0, 0.05) is 33.2 Å². The Morgan fingerprint density at radius 1 is 1.26 bits per heavy atom. The minimum atomic E-state index is -3.35. The van der Waals surface area contributed by atoms with Gasteiger partial charge in [-0.05, 0) is 43.0 Å². The van der Waals surface area contributed by atoms with Crippen LogP contribution in [0.4, 0.5) is 0 Å². The smallest absolute Gasteiger partial charge is 0.242 e. The van der Waals surface area contributed by atoms with Crippen LogP contribution < -0.4 is 5.73 Å². The van der Waals surface area contributed by atoms with Gasteiger partial charge in [0.05, 0.1) is 4.90 Å². The van der Waals surface area contributed by atoms with Crippen LogP contribution in [-0.4, -0.2) is 50.8 Å². The predicted molar refractivity (Wildman–Crippen MR) is 96.2 cm³/mol. The summed E-state index contributed by atoms with van der Waals surface area (Å²) in [4.78, 5) is 2.75. The lowest BCUT2D eigenvalue weighted by Gasteiger charge is -2.38. The standard InChI is InChI=1S/C16H27N3O2S.ClH/c1-13-8-9-19(15(10-13)11-17)12-14-4-6-16(7-5-14)22(20,21)18(2)3;/h4-7,13,15H,8-12,17H2,1-3H3;1H. The van der Waals surface area contributed by atoms with Gasteiger partial charge >= 0.3 is 0 Å². The number of nitrogens with zero attached hydrogens (tertiary/aromatic N) is 2. The molecule has 0 spiro atoms. The van der Waals surface area contributed by atoms with Gasteiger partial charge in [0.25, 0.3) is 0 Å². The highest BCUT2D eigenvalue weighted by Gasteiger charge is 2.25. The lowest BCUT2D eigenvalue weighted by Crippen LogP contribution is -2.45. The van der Waals surface area contributed by atoms with Gasteiger partial charge in [0.1, 0.15) is 0 Å². The Hall–Kier alpha value is -0.660. The molecule has 2 rings (SSSR count). The third-order valence-corrected chi connectivity index (χ3v) is 6.29. The number of halogens is 1. The number of benzene rings is 1. The van der Waals surface area contributed by atoms with Crippen molar-refractivity contribution >= 4 is 22.4 Å². The van der Waals surface area contributed by atoms with Crippen LogP contribution in [-0.2, 0) is 16.6 Å². The van der Waals surface area contributed by atoms with Crippen molar-refractivity contribution in [1.82, 2.24) is 9.21 Å². The van der Waals surface area contributed by atoms with Gasteiger partial charge in [0.2, 0.25) is 10.0 Å². The van der Waals surface area contributed by atoms with Gasteiger partial charge in [-0.2, -0.15) is 0 Å². The summed E-state index contributed by atoms with van der Waals surface area (Å²) >= 11 is 0. The van der Waals surface area contributed by atoms with Crippen molar-refractivity contribution < 1.29 is 8.42 Å². The molecular weight excluding hydrogens is 334 g/mol. The summed E-state index contributed by atoms with van der Waals surface area (Å²) in [7, 11) is -0.258. The molecule has 5 nitrogen and oxygen atoms in total. The molecule has 2 atom stereocenters. The van der Waals surface area contributed by atoms with Crippen LogP contribution in [0, 0.1) is 5.92 Å². The van der Waals surface area contributed by atoms with Crippen LogP contribution in [0.25, 0.3) is 0 Å². The van der Waals surface area contributed by atoms with Crippen molar-refractivity contribution in [2.75, 3.05) is 27.2 Å². The molecule has 0 bridgehead atoms. The maximum absolute atomic E-state index is 12.1. The average Bonchev–Trinajstić information content (AvgIpc) is 2.49. The van der Waals surface area contributed by atoms with E-state index in [-0.39, 0.29) is 12.4 Å². The molecule has 0 radical (unpaired) electrons. The molecule has 23 heavy (non-hydrogen) atoms. The fourth-order valence-electron chi connectivity index (χ4n) is 2.97. The first-order valence-electron chi connectivity index (χ1n) is 7.80. The normalized spacial score (nSPS) is 22.8. The highest BCUT2D eigenvalue weighted by Crippen LogP contribution is 2.24. The van der Waals surface area contributed by atoms with Crippen molar-refractivity contribution in [2.45, 2.75) is 37.2 Å². The second-order valence-corrected chi connectivity index (χ2v) is 8.57. The second-order valence-electron chi connectivity index (χ2n) is 6.42. The molecule has 1 aliphatic rings. The van der Waals surface area contributed by atoms with Crippen LogP contribution in [0.15, 0.2) is 29.2 Å². The Kier molecular flexibility index (Phi) is 7.48. The van der Waals surface area contributed by atoms with E-state index in [4.69, 9.17) is 5.73 Å². The maximum atomic E-state index is 12.1. The third kappa shape index (κ3) is 4.90. The lowest BCUT2D eigenvalue weighted by molar-refractivity contribution is 0.115. The summed E-state index contributed by atoms with van der Waals surface area (Å²) in [6, 6.07) is 7.61. The summed E-state index contributed by atoms with van der Waals surface area (Å²) < 4.78 is 25.4. The van der Waals surface area contributed by atoms with Gasteiger partial charge in [-0.1, -0.05) is 19.1 Å². The average molecular weight is 362 g/mol. The van der Waals surface area contributed by atoms with Crippen molar-refractivity contribution in [2.24, 2.45) is 11.7 Å². The van der Waals surface area contributed by atoms with Crippen molar-refractivity contribution in [1.29, 1.82) is 0 Å². The summed E-state index contributed by atoms with van der Waals surface area (Å²) in [5, 5.41) is 0. The minimum Gasteiger partial charge on any atom is -0.329 e. The molecule has 1 heterocycles. The van der Waals surface area contributed by atoms with Gasteiger partial charge < -0.3 is 5.73 Å². The molecule has 1 aromatic carbocycles. The number of piperidine rings is 1. The van der Waals surface area contributed by atoms with Crippen LogP contribution in [0.3, 0.4) is 0 Å². The van der Waals surface area contributed by atoms with E-state index in [9.17, 15) is 8.42 Å². The Morgan fingerprint density at radius 3 is 2.39 bits per heavy atom. The molecule has 2 N–H and O–H groups in total. The number of nitrogens with two attached hydrogens (primary N) is 1. The highest BCUT2D eigenvalue weighted by molar-refractivity contribution is 7.89.